The third-order valence-electron chi connectivity index (χ3n) is 9.89. The Morgan fingerprint density at radius 2 is 0.822 bits per heavy atom. The van der Waals surface area contributed by atoms with E-state index in [1.54, 1.807) is 0 Å². The summed E-state index contributed by atoms with van der Waals surface area (Å²) in [6.45, 7) is 0. The van der Waals surface area contributed by atoms with Crippen molar-refractivity contribution in [2.75, 3.05) is 4.90 Å². The fourth-order valence-corrected chi connectivity index (χ4v) is 8.06. The van der Waals surface area contributed by atoms with Crippen LogP contribution < -0.4 is 9.64 Å². The zero-order chi connectivity index (χ0) is 29.5. The van der Waals surface area contributed by atoms with Gasteiger partial charge in [-0.1, -0.05) is 121 Å². The summed E-state index contributed by atoms with van der Waals surface area (Å²) in [5.41, 5.74) is 16.0. The van der Waals surface area contributed by atoms with Crippen molar-refractivity contribution in [1.29, 1.82) is 0 Å². The normalized spacial score (nSPS) is 14.1. The predicted molar refractivity (Wildman–Crippen MR) is 183 cm³/mol. The van der Waals surface area contributed by atoms with Crippen molar-refractivity contribution < 1.29 is 4.74 Å². The van der Waals surface area contributed by atoms with Gasteiger partial charge in [-0.25, -0.2) is 0 Å². The number of para-hydroxylation sites is 4. The molecule has 2 heteroatoms. The van der Waals surface area contributed by atoms with Crippen LogP contribution in [0.4, 0.5) is 17.1 Å². The average Bonchev–Trinajstić information content (AvgIpc) is 3.58. The van der Waals surface area contributed by atoms with Gasteiger partial charge in [0.2, 0.25) is 0 Å². The third-order valence-corrected chi connectivity index (χ3v) is 9.89. The van der Waals surface area contributed by atoms with Gasteiger partial charge in [0.05, 0.1) is 16.8 Å². The maximum Gasteiger partial charge on any atom is 0.151 e. The number of ether oxygens (including phenoxy) is 1. The highest BCUT2D eigenvalue weighted by atomic mass is 16.5. The SMILES string of the molecule is c1ccc2c(c1)Oc1ccccc1N2c1ccc(-c2ccc3c(c2)C2(c4ccccc4-c4ccccc42)c2ccccc2-3)cc1. The van der Waals surface area contributed by atoms with Gasteiger partial charge in [0.25, 0.3) is 0 Å². The number of hydrogen-bond donors (Lipinski definition) is 0. The lowest BCUT2D eigenvalue weighted by molar-refractivity contribution is 0.477. The number of nitrogens with zero attached hydrogens (tertiary/aromatic N) is 1. The van der Waals surface area contributed by atoms with Crippen molar-refractivity contribution >= 4 is 17.1 Å². The van der Waals surface area contributed by atoms with E-state index in [0.717, 1.165) is 28.6 Å². The Kier molecular flexibility index (Phi) is 4.95. The summed E-state index contributed by atoms with van der Waals surface area (Å²) in [6.07, 6.45) is 0. The second-order valence-corrected chi connectivity index (χ2v) is 12.1. The van der Waals surface area contributed by atoms with Gasteiger partial charge in [0, 0.05) is 5.69 Å². The molecule has 1 spiro atoms. The van der Waals surface area contributed by atoms with Crippen molar-refractivity contribution in [3.63, 3.8) is 0 Å². The van der Waals surface area contributed by atoms with Crippen LogP contribution in [0.25, 0.3) is 33.4 Å². The molecule has 2 aliphatic carbocycles. The first-order valence-corrected chi connectivity index (χ1v) is 15.5. The zero-order valence-corrected chi connectivity index (χ0v) is 24.4. The van der Waals surface area contributed by atoms with Crippen LogP contribution in [-0.2, 0) is 5.41 Å². The molecule has 0 bridgehead atoms. The molecular weight excluding hydrogens is 546 g/mol. The van der Waals surface area contributed by atoms with Crippen LogP contribution >= 0.6 is 0 Å². The molecule has 0 atom stereocenters. The number of hydrogen-bond acceptors (Lipinski definition) is 2. The fraction of sp³-hybridized carbons (Fsp3) is 0.0233. The molecule has 0 N–H and O–H groups in total. The highest BCUT2D eigenvalue weighted by molar-refractivity contribution is 5.96. The van der Waals surface area contributed by atoms with E-state index in [-0.39, 0.29) is 5.41 Å². The summed E-state index contributed by atoms with van der Waals surface area (Å²) in [4.78, 5) is 2.29. The standard InChI is InChI=1S/C43H27NO/c1-4-14-35-31(11-1)32-12-2-5-15-36(32)43(35)37-16-6-3-13-33(37)34-26-23-29(27-38(34)43)28-21-24-30(25-22-28)44-39-17-7-9-19-41(39)45-42-20-10-8-18-40(42)44/h1-27H. The van der Waals surface area contributed by atoms with Crippen molar-refractivity contribution in [2.24, 2.45) is 0 Å². The fourth-order valence-electron chi connectivity index (χ4n) is 8.06. The maximum absolute atomic E-state index is 6.25. The second-order valence-electron chi connectivity index (χ2n) is 12.1. The lowest BCUT2D eigenvalue weighted by Gasteiger charge is -2.32. The molecule has 7 aromatic carbocycles. The second kappa shape index (κ2) is 9.07. The molecule has 0 aromatic heterocycles. The first kappa shape index (κ1) is 24.6. The predicted octanol–water partition coefficient (Wildman–Crippen LogP) is 11.3. The van der Waals surface area contributed by atoms with Crippen molar-refractivity contribution in [3.05, 3.63) is 186 Å². The maximum atomic E-state index is 6.25. The van der Waals surface area contributed by atoms with Crippen LogP contribution in [0, 0.1) is 0 Å². The summed E-state index contributed by atoms with van der Waals surface area (Å²) in [7, 11) is 0. The average molecular weight is 574 g/mol. The van der Waals surface area contributed by atoms with Gasteiger partial charge in [-0.3, -0.25) is 0 Å². The van der Waals surface area contributed by atoms with Gasteiger partial charge in [-0.15, -0.1) is 0 Å². The monoisotopic (exact) mass is 573 g/mol. The molecular formula is C43H27NO. The molecule has 0 amide bonds. The van der Waals surface area contributed by atoms with Crippen LogP contribution in [0.1, 0.15) is 22.3 Å². The van der Waals surface area contributed by atoms with E-state index < -0.39 is 0 Å². The molecule has 0 saturated heterocycles. The summed E-state index contributed by atoms with van der Waals surface area (Å²) < 4.78 is 6.25. The first-order valence-electron chi connectivity index (χ1n) is 15.5. The number of rotatable bonds is 2. The van der Waals surface area contributed by atoms with E-state index in [4.69, 9.17) is 4.74 Å². The molecule has 10 rings (SSSR count). The molecule has 1 heterocycles. The van der Waals surface area contributed by atoms with Crippen molar-refractivity contribution in [1.82, 2.24) is 0 Å². The molecule has 0 saturated carbocycles. The number of benzene rings is 7. The van der Waals surface area contributed by atoms with E-state index in [9.17, 15) is 0 Å². The van der Waals surface area contributed by atoms with E-state index in [0.29, 0.717) is 0 Å². The van der Waals surface area contributed by atoms with Gasteiger partial charge in [-0.05, 0) is 98.1 Å². The lowest BCUT2D eigenvalue weighted by atomic mass is 9.70. The van der Waals surface area contributed by atoms with Gasteiger partial charge in [-0.2, -0.15) is 0 Å². The van der Waals surface area contributed by atoms with Gasteiger partial charge < -0.3 is 9.64 Å². The molecule has 0 radical (unpaired) electrons. The Balaban J connectivity index is 1.14. The van der Waals surface area contributed by atoms with Crippen LogP contribution in [0.15, 0.2) is 164 Å². The molecule has 45 heavy (non-hydrogen) atoms. The molecule has 2 nitrogen and oxygen atoms in total. The summed E-state index contributed by atoms with van der Waals surface area (Å²) >= 11 is 0. The molecule has 7 aromatic rings. The van der Waals surface area contributed by atoms with E-state index >= 15 is 0 Å². The van der Waals surface area contributed by atoms with E-state index in [1.807, 2.05) is 24.3 Å². The Morgan fingerprint density at radius 3 is 1.38 bits per heavy atom. The summed E-state index contributed by atoms with van der Waals surface area (Å²) in [5.74, 6) is 1.72. The summed E-state index contributed by atoms with van der Waals surface area (Å²) in [5, 5.41) is 0. The molecule has 3 aliphatic rings. The molecule has 0 unspecified atom stereocenters. The minimum atomic E-state index is -0.337. The smallest absolute Gasteiger partial charge is 0.151 e. The minimum absolute atomic E-state index is 0.337. The van der Waals surface area contributed by atoms with Crippen LogP contribution in [-0.4, -0.2) is 0 Å². The van der Waals surface area contributed by atoms with Gasteiger partial charge in [0.15, 0.2) is 11.5 Å². The Labute approximate surface area is 262 Å². The van der Waals surface area contributed by atoms with Crippen LogP contribution in [0.3, 0.4) is 0 Å². The van der Waals surface area contributed by atoms with E-state index in [2.05, 4.69) is 144 Å². The topological polar surface area (TPSA) is 12.5 Å². The largest absolute Gasteiger partial charge is 0.453 e. The lowest BCUT2D eigenvalue weighted by Crippen LogP contribution is -2.25. The zero-order valence-electron chi connectivity index (χ0n) is 24.4. The Hall–Kier alpha value is -5.86. The highest BCUT2D eigenvalue weighted by Gasteiger charge is 2.51. The molecule has 210 valence electrons. The number of fused-ring (bicyclic) bond motifs is 12. The third kappa shape index (κ3) is 3.23. The van der Waals surface area contributed by atoms with Crippen molar-refractivity contribution in [2.45, 2.75) is 5.41 Å². The van der Waals surface area contributed by atoms with E-state index in [1.165, 1.54) is 55.6 Å². The molecule has 1 aliphatic heterocycles. The molecule has 0 fully saturated rings. The minimum Gasteiger partial charge on any atom is -0.453 e. The summed E-state index contributed by atoms with van der Waals surface area (Å²) in [6, 6.07) is 59.5. The Bertz CT molecular complexity index is 2210. The first-order chi connectivity index (χ1) is 22.3. The van der Waals surface area contributed by atoms with Crippen molar-refractivity contribution in [3.8, 4) is 44.9 Å². The van der Waals surface area contributed by atoms with Gasteiger partial charge >= 0.3 is 0 Å². The highest BCUT2D eigenvalue weighted by Crippen LogP contribution is 2.63. The quantitative estimate of drug-likeness (QED) is 0.204. The van der Waals surface area contributed by atoms with Crippen LogP contribution in [0.5, 0.6) is 11.5 Å². The van der Waals surface area contributed by atoms with Crippen LogP contribution in [0.2, 0.25) is 0 Å². The van der Waals surface area contributed by atoms with Gasteiger partial charge in [0.1, 0.15) is 0 Å². The number of anilines is 3. The Morgan fingerprint density at radius 1 is 0.378 bits per heavy atom.